The summed E-state index contributed by atoms with van der Waals surface area (Å²) >= 11 is 1.49. The Morgan fingerprint density at radius 1 is 1.30 bits per heavy atom. The van der Waals surface area contributed by atoms with Crippen LogP contribution in [0.4, 0.5) is 0 Å². The van der Waals surface area contributed by atoms with Gasteiger partial charge in [-0.1, -0.05) is 0 Å². The Balaban J connectivity index is 1.74. The lowest BCUT2D eigenvalue weighted by atomic mass is 10.1. The molecule has 0 bridgehead atoms. The van der Waals surface area contributed by atoms with Crippen molar-refractivity contribution < 1.29 is 29.3 Å². The Morgan fingerprint density at radius 2 is 2.00 bits per heavy atom. The van der Waals surface area contributed by atoms with Crippen molar-refractivity contribution in [3.63, 3.8) is 0 Å². The first-order valence-corrected chi connectivity index (χ1v) is 8.12. The number of amides is 1. The van der Waals surface area contributed by atoms with Crippen molar-refractivity contribution in [2.75, 3.05) is 25.5 Å². The summed E-state index contributed by atoms with van der Waals surface area (Å²) in [6.45, 7) is 1.88. The lowest BCUT2D eigenvalue weighted by Crippen LogP contribution is -2.46. The molecule has 126 valence electrons. The van der Waals surface area contributed by atoms with Crippen molar-refractivity contribution in [1.82, 2.24) is 5.32 Å². The number of hydrogen-bond acceptors (Lipinski definition) is 6. The van der Waals surface area contributed by atoms with Gasteiger partial charge in [0.05, 0.1) is 6.54 Å². The maximum absolute atomic E-state index is 11.7. The third-order valence-corrected chi connectivity index (χ3v) is 4.20. The van der Waals surface area contributed by atoms with Gasteiger partial charge < -0.3 is 25.0 Å². The molecule has 0 aliphatic carbocycles. The molecule has 7 nitrogen and oxygen atoms in total. The van der Waals surface area contributed by atoms with E-state index in [0.717, 1.165) is 11.8 Å². The molecule has 0 radical (unpaired) electrons. The summed E-state index contributed by atoms with van der Waals surface area (Å²) in [6.07, 6.45) is 0.217. The minimum atomic E-state index is -1.96. The number of ether oxygens (including phenoxy) is 2. The number of hydrogen-bond donors (Lipinski definition) is 3. The normalized spacial score (nSPS) is 15.6. The molecule has 2 rings (SSSR count). The fourth-order valence-corrected chi connectivity index (χ4v) is 2.69. The van der Waals surface area contributed by atoms with E-state index in [4.69, 9.17) is 14.6 Å². The monoisotopic (exact) mass is 341 g/mol. The van der Waals surface area contributed by atoms with Crippen LogP contribution >= 0.6 is 11.8 Å². The molecule has 1 aliphatic heterocycles. The first-order chi connectivity index (χ1) is 10.9. The van der Waals surface area contributed by atoms with Crippen LogP contribution in [0.15, 0.2) is 23.1 Å². The molecule has 8 heteroatoms. The molecule has 0 aromatic heterocycles. The minimum absolute atomic E-state index is 0.217. The van der Waals surface area contributed by atoms with Crippen molar-refractivity contribution in [2.24, 2.45) is 0 Å². The predicted octanol–water partition coefficient (Wildman–Crippen LogP) is 0.892. The smallest absolute Gasteiger partial charge is 0.337 e. The second kappa shape index (κ2) is 7.56. The fraction of sp³-hybridized carbons (Fsp3) is 0.467. The molecule has 1 aliphatic rings. The molecule has 1 aromatic rings. The molecular weight excluding hydrogens is 322 g/mol. The Bertz CT molecular complexity index is 589. The van der Waals surface area contributed by atoms with Gasteiger partial charge in [0.1, 0.15) is 13.2 Å². The van der Waals surface area contributed by atoms with E-state index >= 15 is 0 Å². The highest BCUT2D eigenvalue weighted by atomic mass is 32.2. The number of carboxylic acids is 1. The Kier molecular flexibility index (Phi) is 5.73. The molecule has 3 N–H and O–H groups in total. The van der Waals surface area contributed by atoms with Crippen molar-refractivity contribution in [3.05, 3.63) is 18.2 Å². The number of aliphatic hydroxyl groups is 1. The molecule has 0 saturated heterocycles. The number of fused-ring (bicyclic) bond motifs is 1. The van der Waals surface area contributed by atoms with Crippen molar-refractivity contribution in [1.29, 1.82) is 0 Å². The number of carbonyl (C=O) groups excluding carboxylic acids is 1. The van der Waals surface area contributed by atoms with E-state index < -0.39 is 11.6 Å². The molecular formula is C15H19NO6S. The van der Waals surface area contributed by atoms with Crippen LogP contribution in [0.5, 0.6) is 11.5 Å². The van der Waals surface area contributed by atoms with Crippen LogP contribution in [0.25, 0.3) is 0 Å². The van der Waals surface area contributed by atoms with Crippen LogP contribution in [-0.2, 0) is 9.59 Å². The first-order valence-electron chi connectivity index (χ1n) is 7.13. The Hall–Kier alpha value is -1.93. The lowest BCUT2D eigenvalue weighted by Gasteiger charge is -2.19. The number of rotatable bonds is 7. The number of carboxylic acid groups (broad SMARTS) is 1. The molecule has 1 heterocycles. The third kappa shape index (κ3) is 5.04. The number of aliphatic carboxylic acids is 1. The predicted molar refractivity (Wildman–Crippen MR) is 84.0 cm³/mol. The van der Waals surface area contributed by atoms with Crippen LogP contribution < -0.4 is 14.8 Å². The standard InChI is InChI=1S/C15H19NO6S/c1-15(20,14(18)19)9-16-13(17)4-7-23-10-2-3-11-12(8-10)22-6-5-21-11/h2-3,8,20H,4-7,9H2,1H3,(H,16,17)(H,18,19). The van der Waals surface area contributed by atoms with E-state index in [-0.39, 0.29) is 18.9 Å². The maximum Gasteiger partial charge on any atom is 0.337 e. The van der Waals surface area contributed by atoms with Crippen molar-refractivity contribution >= 4 is 23.6 Å². The summed E-state index contributed by atoms with van der Waals surface area (Å²) in [4.78, 5) is 23.3. The van der Waals surface area contributed by atoms with E-state index in [9.17, 15) is 14.7 Å². The molecule has 1 aromatic carbocycles. The van der Waals surface area contributed by atoms with Gasteiger partial charge in [-0.05, 0) is 25.1 Å². The quantitative estimate of drug-likeness (QED) is 0.633. The summed E-state index contributed by atoms with van der Waals surface area (Å²) in [5.74, 6) is 0.262. The van der Waals surface area contributed by atoms with Crippen LogP contribution in [-0.4, -0.2) is 53.2 Å². The number of thioether (sulfide) groups is 1. The average Bonchev–Trinajstić information content (AvgIpc) is 2.53. The largest absolute Gasteiger partial charge is 0.486 e. The number of carbonyl (C=O) groups is 2. The van der Waals surface area contributed by atoms with Gasteiger partial charge in [-0.15, -0.1) is 11.8 Å². The van der Waals surface area contributed by atoms with Gasteiger partial charge in [-0.2, -0.15) is 0 Å². The Labute approximate surface area is 138 Å². The highest BCUT2D eigenvalue weighted by Gasteiger charge is 2.30. The topological polar surface area (TPSA) is 105 Å². The summed E-state index contributed by atoms with van der Waals surface area (Å²) in [5.41, 5.74) is -1.96. The van der Waals surface area contributed by atoms with Crippen LogP contribution in [0, 0.1) is 0 Å². The van der Waals surface area contributed by atoms with Gasteiger partial charge in [-0.25, -0.2) is 4.79 Å². The maximum atomic E-state index is 11.7. The second-order valence-electron chi connectivity index (χ2n) is 5.26. The van der Waals surface area contributed by atoms with Gasteiger partial charge >= 0.3 is 5.97 Å². The van der Waals surface area contributed by atoms with Crippen molar-refractivity contribution in [3.8, 4) is 11.5 Å². The van der Waals surface area contributed by atoms with Crippen LogP contribution in [0.2, 0.25) is 0 Å². The van der Waals surface area contributed by atoms with Gasteiger partial charge in [0.2, 0.25) is 5.91 Å². The van der Waals surface area contributed by atoms with Crippen molar-refractivity contribution in [2.45, 2.75) is 23.8 Å². The highest BCUT2D eigenvalue weighted by molar-refractivity contribution is 7.99. The minimum Gasteiger partial charge on any atom is -0.486 e. The van der Waals surface area contributed by atoms with Gasteiger partial charge in [0.15, 0.2) is 17.1 Å². The van der Waals surface area contributed by atoms with E-state index in [0.29, 0.717) is 30.5 Å². The zero-order valence-corrected chi connectivity index (χ0v) is 13.5. The molecule has 23 heavy (non-hydrogen) atoms. The molecule has 1 unspecified atom stereocenters. The van der Waals surface area contributed by atoms with Gasteiger partial charge in [-0.3, -0.25) is 4.79 Å². The number of nitrogens with one attached hydrogen (secondary N) is 1. The lowest BCUT2D eigenvalue weighted by molar-refractivity contribution is -0.156. The Morgan fingerprint density at radius 3 is 2.70 bits per heavy atom. The van der Waals surface area contributed by atoms with E-state index in [1.807, 2.05) is 18.2 Å². The van der Waals surface area contributed by atoms with E-state index in [2.05, 4.69) is 5.32 Å². The summed E-state index contributed by atoms with van der Waals surface area (Å²) in [6, 6.07) is 5.60. The van der Waals surface area contributed by atoms with Crippen LogP contribution in [0.1, 0.15) is 13.3 Å². The van der Waals surface area contributed by atoms with Gasteiger partial charge in [0, 0.05) is 17.1 Å². The third-order valence-electron chi connectivity index (χ3n) is 3.20. The summed E-state index contributed by atoms with van der Waals surface area (Å²) in [5, 5.41) is 20.7. The zero-order chi connectivity index (χ0) is 16.9. The molecule has 0 spiro atoms. The molecule has 1 atom stereocenters. The SMILES string of the molecule is CC(O)(CNC(=O)CCSc1ccc2c(c1)OCCO2)C(=O)O. The van der Waals surface area contributed by atoms with Crippen LogP contribution in [0.3, 0.4) is 0 Å². The average molecular weight is 341 g/mol. The van der Waals surface area contributed by atoms with Gasteiger partial charge in [0.25, 0.3) is 0 Å². The van der Waals surface area contributed by atoms with E-state index in [1.54, 1.807) is 0 Å². The highest BCUT2D eigenvalue weighted by Crippen LogP contribution is 2.34. The summed E-state index contributed by atoms with van der Waals surface area (Å²) < 4.78 is 10.9. The second-order valence-corrected chi connectivity index (χ2v) is 6.43. The first kappa shape index (κ1) is 17.4. The van der Waals surface area contributed by atoms with E-state index in [1.165, 1.54) is 11.8 Å². The molecule has 0 saturated carbocycles. The summed E-state index contributed by atoms with van der Waals surface area (Å²) in [7, 11) is 0. The number of benzene rings is 1. The molecule has 0 fully saturated rings. The molecule has 1 amide bonds. The zero-order valence-electron chi connectivity index (χ0n) is 12.7. The fourth-order valence-electron chi connectivity index (χ4n) is 1.81.